The van der Waals surface area contributed by atoms with Crippen LogP contribution in [-0.4, -0.2) is 16.8 Å². The van der Waals surface area contributed by atoms with Gasteiger partial charge in [0.2, 0.25) is 0 Å². The molecule has 0 unspecified atom stereocenters. The van der Waals surface area contributed by atoms with Crippen LogP contribution in [0.15, 0.2) is 23.1 Å². The molecule has 0 amide bonds. The molecule has 1 heterocycles. The van der Waals surface area contributed by atoms with Gasteiger partial charge in [-0.3, -0.25) is 14.9 Å². The van der Waals surface area contributed by atoms with Crippen molar-refractivity contribution < 1.29 is 9.76 Å². The molecule has 1 aromatic rings. The quantitative estimate of drug-likeness (QED) is 0.455. The zero-order chi connectivity index (χ0) is 9.14. The zero-order valence-electron chi connectivity index (χ0n) is 6.26. The summed E-state index contributed by atoms with van der Waals surface area (Å²) < 4.78 is 0.790. The Kier molecular flexibility index (Phi) is 2.09. The summed E-state index contributed by atoms with van der Waals surface area (Å²) in [5, 5.41) is 10.2. The number of rotatable bonds is 2. The van der Waals surface area contributed by atoms with Crippen molar-refractivity contribution in [1.29, 1.82) is 0 Å². The van der Waals surface area contributed by atoms with E-state index in [1.54, 1.807) is 0 Å². The highest BCUT2D eigenvalue weighted by atomic mass is 16.7. The molecule has 0 saturated heterocycles. The second-order valence-corrected chi connectivity index (χ2v) is 1.99. The molecule has 0 saturated carbocycles. The lowest BCUT2D eigenvalue weighted by Gasteiger charge is -2.00. The van der Waals surface area contributed by atoms with Gasteiger partial charge in [-0.1, -0.05) is 0 Å². The van der Waals surface area contributed by atoms with Crippen molar-refractivity contribution in [3.8, 4) is 0 Å². The Morgan fingerprint density at radius 1 is 1.58 bits per heavy atom. The number of hydrogen-bond acceptors (Lipinski definition) is 4. The Bertz CT molecular complexity index is 357. The minimum absolute atomic E-state index is 0.184. The van der Waals surface area contributed by atoms with Gasteiger partial charge in [-0.25, -0.2) is 0 Å². The fraction of sp³-hybridized carbons (Fsp3) is 0.167. The first-order valence-electron chi connectivity index (χ1n) is 3.06. The maximum atomic E-state index is 10.8. The van der Waals surface area contributed by atoms with Crippen LogP contribution in [0.1, 0.15) is 0 Å². The van der Waals surface area contributed by atoms with Gasteiger partial charge < -0.3 is 4.84 Å². The first-order valence-corrected chi connectivity index (χ1v) is 3.06. The number of nitrogens with zero attached hydrogens (tertiary/aromatic N) is 2. The van der Waals surface area contributed by atoms with Crippen LogP contribution in [0.4, 0.5) is 5.69 Å². The highest BCUT2D eigenvalue weighted by molar-refractivity contribution is 5.24. The van der Waals surface area contributed by atoms with Crippen LogP contribution in [0, 0.1) is 10.1 Å². The van der Waals surface area contributed by atoms with E-state index in [1.165, 1.54) is 7.11 Å². The molecule has 6 heteroatoms. The molecule has 0 aliphatic rings. The van der Waals surface area contributed by atoms with E-state index in [0.717, 1.165) is 23.1 Å². The van der Waals surface area contributed by atoms with Crippen molar-refractivity contribution in [2.45, 2.75) is 0 Å². The molecule has 0 spiro atoms. The standard InChI is InChI=1S/C6H6N2O4/c1-12-7-4-5(8(10)11)2-3-6(7)9/h2-4H,1H3. The smallest absolute Gasteiger partial charge is 0.289 e. The Hall–Kier alpha value is -1.85. The average molecular weight is 170 g/mol. The third-order valence-electron chi connectivity index (χ3n) is 1.27. The maximum absolute atomic E-state index is 10.8. The summed E-state index contributed by atoms with van der Waals surface area (Å²) in [7, 11) is 1.26. The molecule has 0 atom stereocenters. The lowest BCUT2D eigenvalue weighted by atomic mass is 10.4. The molecule has 0 fully saturated rings. The van der Waals surface area contributed by atoms with Crippen LogP contribution in [-0.2, 0) is 0 Å². The van der Waals surface area contributed by atoms with Gasteiger partial charge in [0, 0.05) is 12.1 Å². The Labute approximate surface area is 67.1 Å². The van der Waals surface area contributed by atoms with Gasteiger partial charge in [-0.2, -0.15) is 0 Å². The van der Waals surface area contributed by atoms with E-state index in [1.807, 2.05) is 0 Å². The van der Waals surface area contributed by atoms with Gasteiger partial charge in [0.1, 0.15) is 13.3 Å². The summed E-state index contributed by atoms with van der Waals surface area (Å²) in [6.45, 7) is 0. The Balaban J connectivity index is 3.23. The minimum atomic E-state index is -0.602. The summed E-state index contributed by atoms with van der Waals surface area (Å²) in [6.07, 6.45) is 1.02. The summed E-state index contributed by atoms with van der Waals surface area (Å²) in [6, 6.07) is 2.19. The first-order chi connectivity index (χ1) is 5.65. The van der Waals surface area contributed by atoms with Crippen LogP contribution in [0.25, 0.3) is 0 Å². The van der Waals surface area contributed by atoms with E-state index in [0.29, 0.717) is 0 Å². The number of nitro groups is 1. The molecule has 0 radical (unpaired) electrons. The second-order valence-electron chi connectivity index (χ2n) is 1.99. The van der Waals surface area contributed by atoms with Crippen molar-refractivity contribution in [3.63, 3.8) is 0 Å². The summed E-state index contributed by atoms with van der Waals surface area (Å²) >= 11 is 0. The lowest BCUT2D eigenvalue weighted by molar-refractivity contribution is -0.385. The highest BCUT2D eigenvalue weighted by Gasteiger charge is 2.06. The van der Waals surface area contributed by atoms with Crippen molar-refractivity contribution >= 4 is 5.69 Å². The predicted molar refractivity (Wildman–Crippen MR) is 39.9 cm³/mol. The molecular weight excluding hydrogens is 164 g/mol. The van der Waals surface area contributed by atoms with Crippen LogP contribution in [0.2, 0.25) is 0 Å². The number of aromatic nitrogens is 1. The third kappa shape index (κ3) is 1.42. The molecule has 6 nitrogen and oxygen atoms in total. The van der Waals surface area contributed by atoms with E-state index < -0.39 is 10.5 Å². The highest BCUT2D eigenvalue weighted by Crippen LogP contribution is 2.04. The molecule has 1 aromatic heterocycles. The van der Waals surface area contributed by atoms with Gasteiger partial charge in [0.25, 0.3) is 11.2 Å². The van der Waals surface area contributed by atoms with Crippen molar-refractivity contribution in [2.75, 3.05) is 7.11 Å². The van der Waals surface area contributed by atoms with E-state index in [9.17, 15) is 14.9 Å². The van der Waals surface area contributed by atoms with Gasteiger partial charge in [-0.05, 0) is 0 Å². The van der Waals surface area contributed by atoms with Crippen LogP contribution >= 0.6 is 0 Å². The van der Waals surface area contributed by atoms with Crippen LogP contribution in [0.3, 0.4) is 0 Å². The Morgan fingerprint density at radius 3 is 2.75 bits per heavy atom. The number of pyridine rings is 1. The molecule has 0 aromatic carbocycles. The van der Waals surface area contributed by atoms with Gasteiger partial charge in [0.15, 0.2) is 0 Å². The molecule has 1 rings (SSSR count). The molecule has 0 N–H and O–H groups in total. The normalized spacial score (nSPS) is 9.42. The molecule has 0 aliphatic carbocycles. The summed E-state index contributed by atoms with van der Waals surface area (Å²) in [5.41, 5.74) is -0.625. The first kappa shape index (κ1) is 8.25. The molecule has 12 heavy (non-hydrogen) atoms. The predicted octanol–water partition coefficient (Wildman–Crippen LogP) is -0.185. The van der Waals surface area contributed by atoms with Crippen molar-refractivity contribution in [2.24, 2.45) is 0 Å². The summed E-state index contributed by atoms with van der Waals surface area (Å²) in [4.78, 5) is 25.0. The molecular formula is C6H6N2O4. The fourth-order valence-electron chi connectivity index (χ4n) is 0.708. The maximum Gasteiger partial charge on any atom is 0.289 e. The summed E-state index contributed by atoms with van der Waals surface area (Å²) in [5.74, 6) is 0. The van der Waals surface area contributed by atoms with E-state index in [4.69, 9.17) is 0 Å². The molecule has 0 bridgehead atoms. The Morgan fingerprint density at radius 2 is 2.25 bits per heavy atom. The van der Waals surface area contributed by atoms with E-state index in [-0.39, 0.29) is 5.69 Å². The third-order valence-corrected chi connectivity index (χ3v) is 1.27. The van der Waals surface area contributed by atoms with Gasteiger partial charge in [-0.15, -0.1) is 4.73 Å². The second kappa shape index (κ2) is 3.04. The van der Waals surface area contributed by atoms with Crippen molar-refractivity contribution in [3.05, 3.63) is 38.8 Å². The van der Waals surface area contributed by atoms with Crippen LogP contribution < -0.4 is 10.4 Å². The van der Waals surface area contributed by atoms with E-state index in [2.05, 4.69) is 4.84 Å². The molecule has 0 aliphatic heterocycles. The van der Waals surface area contributed by atoms with Gasteiger partial charge in [0.05, 0.1) is 4.92 Å². The van der Waals surface area contributed by atoms with E-state index >= 15 is 0 Å². The monoisotopic (exact) mass is 170 g/mol. The number of hydrogen-bond donors (Lipinski definition) is 0. The van der Waals surface area contributed by atoms with Crippen LogP contribution in [0.5, 0.6) is 0 Å². The van der Waals surface area contributed by atoms with Crippen molar-refractivity contribution in [1.82, 2.24) is 4.73 Å². The average Bonchev–Trinajstić information content (AvgIpc) is 2.05. The largest absolute Gasteiger partial charge is 0.414 e. The molecule has 64 valence electrons. The lowest BCUT2D eigenvalue weighted by Crippen LogP contribution is -2.23. The zero-order valence-corrected chi connectivity index (χ0v) is 6.26. The fourth-order valence-corrected chi connectivity index (χ4v) is 0.708. The SMILES string of the molecule is COn1cc([N+](=O)[O-])ccc1=O. The minimum Gasteiger partial charge on any atom is -0.414 e. The van der Waals surface area contributed by atoms with Gasteiger partial charge >= 0.3 is 0 Å². The topological polar surface area (TPSA) is 74.4 Å².